The van der Waals surface area contributed by atoms with Gasteiger partial charge < -0.3 is 19.7 Å². The number of methoxy groups -OCH3 is 1. The molecule has 2 atom stereocenters. The van der Waals surface area contributed by atoms with Crippen LogP contribution in [0.2, 0.25) is 0 Å². The average molecular weight is 320 g/mol. The highest BCUT2D eigenvalue weighted by Crippen LogP contribution is 2.24. The summed E-state index contributed by atoms with van der Waals surface area (Å²) in [7, 11) is 3.22. The Balaban J connectivity index is 1.83. The van der Waals surface area contributed by atoms with Gasteiger partial charge in [0.2, 0.25) is 11.8 Å². The molecule has 6 nitrogen and oxygen atoms in total. The molecular weight excluding hydrogens is 296 g/mol. The largest absolute Gasteiger partial charge is 0.384 e. The average Bonchev–Trinajstić information content (AvgIpc) is 2.99. The number of nitrogens with one attached hydrogen (secondary N) is 1. The topological polar surface area (TPSA) is 67.9 Å². The molecule has 1 fully saturated rings. The molecule has 2 amide bonds. The Morgan fingerprint density at radius 2 is 2.00 bits per heavy atom. The first kappa shape index (κ1) is 17.4. The number of ether oxygens (including phenoxy) is 2. The van der Waals surface area contributed by atoms with Crippen molar-refractivity contribution in [1.29, 1.82) is 0 Å². The van der Waals surface area contributed by atoms with E-state index in [0.29, 0.717) is 26.3 Å². The number of hydrogen-bond donors (Lipinski definition) is 1. The predicted molar refractivity (Wildman–Crippen MR) is 85.6 cm³/mol. The Morgan fingerprint density at radius 1 is 1.26 bits per heavy atom. The second-order valence-electron chi connectivity index (χ2n) is 5.71. The Hall–Kier alpha value is -1.92. The summed E-state index contributed by atoms with van der Waals surface area (Å²) >= 11 is 0. The summed E-state index contributed by atoms with van der Waals surface area (Å²) in [5, 5.41) is 2.66. The van der Waals surface area contributed by atoms with E-state index < -0.39 is 0 Å². The quantitative estimate of drug-likeness (QED) is 0.802. The minimum absolute atomic E-state index is 0.0229. The highest BCUT2D eigenvalue weighted by atomic mass is 16.5. The van der Waals surface area contributed by atoms with Gasteiger partial charge in [-0.15, -0.1) is 0 Å². The lowest BCUT2D eigenvalue weighted by Crippen LogP contribution is -2.35. The molecule has 0 bridgehead atoms. The van der Waals surface area contributed by atoms with Gasteiger partial charge in [-0.25, -0.2) is 0 Å². The van der Waals surface area contributed by atoms with Crippen molar-refractivity contribution < 1.29 is 19.1 Å². The Labute approximate surface area is 136 Å². The summed E-state index contributed by atoms with van der Waals surface area (Å²) in [5.41, 5.74) is 1.03. The first-order valence-electron chi connectivity index (χ1n) is 7.75. The molecule has 1 aliphatic rings. The van der Waals surface area contributed by atoms with Gasteiger partial charge in [0.15, 0.2) is 0 Å². The van der Waals surface area contributed by atoms with Crippen molar-refractivity contribution in [2.24, 2.45) is 11.8 Å². The summed E-state index contributed by atoms with van der Waals surface area (Å²) in [5.74, 6) is -0.336. The SMILES string of the molecule is CNC(=O)[C@@H]1CN(C(=O)COCc2ccccc2)C[C@H]1COC. The van der Waals surface area contributed by atoms with Crippen molar-refractivity contribution in [3.63, 3.8) is 0 Å². The van der Waals surface area contributed by atoms with Gasteiger partial charge >= 0.3 is 0 Å². The lowest BCUT2D eigenvalue weighted by Gasteiger charge is -2.16. The number of carbonyl (C=O) groups is 2. The summed E-state index contributed by atoms with van der Waals surface area (Å²) in [4.78, 5) is 25.9. The molecule has 23 heavy (non-hydrogen) atoms. The monoisotopic (exact) mass is 320 g/mol. The normalized spacial score (nSPS) is 20.5. The summed E-state index contributed by atoms with van der Waals surface area (Å²) in [6.07, 6.45) is 0. The van der Waals surface area contributed by atoms with Crippen LogP contribution in [0.15, 0.2) is 30.3 Å². The molecule has 1 aliphatic heterocycles. The number of nitrogens with zero attached hydrogens (tertiary/aromatic N) is 1. The van der Waals surface area contributed by atoms with Crippen molar-refractivity contribution >= 4 is 11.8 Å². The fourth-order valence-electron chi connectivity index (χ4n) is 2.86. The van der Waals surface area contributed by atoms with Crippen LogP contribution in [-0.2, 0) is 25.7 Å². The lowest BCUT2D eigenvalue weighted by molar-refractivity contribution is -0.135. The molecule has 0 radical (unpaired) electrons. The molecule has 1 N–H and O–H groups in total. The molecule has 0 saturated carbocycles. The highest BCUT2D eigenvalue weighted by molar-refractivity contribution is 5.82. The third-order valence-electron chi connectivity index (χ3n) is 4.09. The van der Waals surface area contributed by atoms with Crippen LogP contribution in [0.5, 0.6) is 0 Å². The third-order valence-corrected chi connectivity index (χ3v) is 4.09. The van der Waals surface area contributed by atoms with E-state index in [-0.39, 0.29) is 30.3 Å². The molecule has 0 aliphatic carbocycles. The Morgan fingerprint density at radius 3 is 2.65 bits per heavy atom. The van der Waals surface area contributed by atoms with Crippen LogP contribution in [0.3, 0.4) is 0 Å². The number of hydrogen-bond acceptors (Lipinski definition) is 4. The van der Waals surface area contributed by atoms with Gasteiger partial charge in [0.05, 0.1) is 19.1 Å². The van der Waals surface area contributed by atoms with Gasteiger partial charge in [0.25, 0.3) is 0 Å². The van der Waals surface area contributed by atoms with Crippen molar-refractivity contribution in [3.8, 4) is 0 Å². The van der Waals surface area contributed by atoms with Crippen LogP contribution in [0, 0.1) is 11.8 Å². The zero-order valence-corrected chi connectivity index (χ0v) is 13.7. The Bertz CT molecular complexity index is 521. The summed E-state index contributed by atoms with van der Waals surface area (Å²) in [6, 6.07) is 9.72. The van der Waals surface area contributed by atoms with Crippen LogP contribution in [0.1, 0.15) is 5.56 Å². The molecule has 1 heterocycles. The van der Waals surface area contributed by atoms with E-state index in [4.69, 9.17) is 9.47 Å². The second-order valence-corrected chi connectivity index (χ2v) is 5.71. The maximum atomic E-state index is 12.3. The number of likely N-dealkylation sites (tertiary alicyclic amines) is 1. The highest BCUT2D eigenvalue weighted by Gasteiger charge is 2.38. The van der Waals surface area contributed by atoms with Crippen molar-refractivity contribution in [2.45, 2.75) is 6.61 Å². The second kappa shape index (κ2) is 8.64. The fourth-order valence-corrected chi connectivity index (χ4v) is 2.86. The molecule has 0 spiro atoms. The van der Waals surface area contributed by atoms with Gasteiger partial charge in [-0.1, -0.05) is 30.3 Å². The number of benzene rings is 1. The van der Waals surface area contributed by atoms with E-state index >= 15 is 0 Å². The molecule has 0 aromatic heterocycles. The van der Waals surface area contributed by atoms with Crippen LogP contribution >= 0.6 is 0 Å². The molecule has 1 aromatic rings. The van der Waals surface area contributed by atoms with Crippen LogP contribution < -0.4 is 5.32 Å². The molecule has 126 valence electrons. The number of rotatable bonds is 7. The first-order valence-corrected chi connectivity index (χ1v) is 7.75. The summed E-state index contributed by atoms with van der Waals surface area (Å²) < 4.78 is 10.7. The smallest absolute Gasteiger partial charge is 0.248 e. The van der Waals surface area contributed by atoms with Crippen LogP contribution in [0.25, 0.3) is 0 Å². The van der Waals surface area contributed by atoms with E-state index in [1.165, 1.54) is 0 Å². The maximum absolute atomic E-state index is 12.3. The van der Waals surface area contributed by atoms with E-state index in [2.05, 4.69) is 5.32 Å². The van der Waals surface area contributed by atoms with E-state index in [1.807, 2.05) is 30.3 Å². The van der Waals surface area contributed by atoms with E-state index in [9.17, 15) is 9.59 Å². The predicted octanol–water partition coefficient (Wildman–Crippen LogP) is 0.670. The molecule has 2 rings (SSSR count). The minimum Gasteiger partial charge on any atom is -0.384 e. The standard InChI is InChI=1S/C17H24N2O4/c1-18-17(21)15-9-19(8-14(15)11-22-2)16(20)12-23-10-13-6-4-3-5-7-13/h3-7,14-15H,8-12H2,1-2H3,(H,18,21)/t14-,15+/m0/s1. The zero-order valence-electron chi connectivity index (χ0n) is 13.7. The zero-order chi connectivity index (χ0) is 16.7. The van der Waals surface area contributed by atoms with Gasteiger partial charge in [0, 0.05) is 33.2 Å². The van der Waals surface area contributed by atoms with Crippen molar-refractivity contribution in [3.05, 3.63) is 35.9 Å². The van der Waals surface area contributed by atoms with Crippen molar-refractivity contribution in [1.82, 2.24) is 10.2 Å². The van der Waals surface area contributed by atoms with Gasteiger partial charge in [-0.3, -0.25) is 9.59 Å². The van der Waals surface area contributed by atoms with Gasteiger partial charge in [-0.05, 0) is 5.56 Å². The van der Waals surface area contributed by atoms with Crippen LogP contribution in [0.4, 0.5) is 0 Å². The molecule has 6 heteroatoms. The fraction of sp³-hybridized carbons (Fsp3) is 0.529. The maximum Gasteiger partial charge on any atom is 0.248 e. The van der Waals surface area contributed by atoms with Crippen LogP contribution in [-0.4, -0.2) is 57.2 Å². The molecule has 0 unspecified atom stereocenters. The third kappa shape index (κ3) is 4.77. The molecule has 1 saturated heterocycles. The first-order chi connectivity index (χ1) is 11.2. The van der Waals surface area contributed by atoms with E-state index in [0.717, 1.165) is 5.56 Å². The minimum atomic E-state index is -0.224. The molecular formula is C17H24N2O4. The summed E-state index contributed by atoms with van der Waals surface area (Å²) in [6.45, 7) is 1.84. The van der Waals surface area contributed by atoms with Gasteiger partial charge in [-0.2, -0.15) is 0 Å². The van der Waals surface area contributed by atoms with E-state index in [1.54, 1.807) is 19.1 Å². The van der Waals surface area contributed by atoms with Crippen molar-refractivity contribution in [2.75, 3.05) is 40.5 Å². The lowest BCUT2D eigenvalue weighted by atomic mass is 9.96. The number of amides is 2. The Kier molecular flexibility index (Phi) is 6.55. The molecule has 1 aromatic carbocycles. The number of carbonyl (C=O) groups excluding carboxylic acids is 2. The van der Waals surface area contributed by atoms with Gasteiger partial charge in [0.1, 0.15) is 6.61 Å².